The van der Waals surface area contributed by atoms with Gasteiger partial charge in [-0.2, -0.15) is 23.4 Å². The molecule has 4 N–H and O–H groups in total. The summed E-state index contributed by atoms with van der Waals surface area (Å²) in [6, 6.07) is 15.7. The summed E-state index contributed by atoms with van der Waals surface area (Å²) >= 11 is 0. The molecule has 0 bridgehead atoms. The molecule has 2 aromatic carbocycles. The second-order valence-corrected chi connectivity index (χ2v) is 9.24. The minimum atomic E-state index is -4.34. The number of carboxylic acids is 2. The standard InChI is InChI=1S/C23H22F3N3.C4H6O6/c1-15-6-9-22(28-27-15)17-7-8-20-18(12-17)14-29(2)11-10-21(20)16-4-3-5-19(13-16)23(24,25)26;5-1(3(7)8)2(6)4(9)10/h3-9,12-13,21H,10-11,14H2,1-2H3;1-2,5-6H,(H,7,8)(H,9,10)/t;1-,2-/m.1/s1. The van der Waals surface area contributed by atoms with Crippen LogP contribution in [0.1, 0.15) is 40.3 Å². The van der Waals surface area contributed by atoms with Crippen molar-refractivity contribution in [3.05, 3.63) is 82.5 Å². The number of halogens is 3. The Balaban J connectivity index is 0.000000360. The van der Waals surface area contributed by atoms with Crippen LogP contribution >= 0.6 is 0 Å². The number of aliphatic hydroxyl groups is 2. The van der Waals surface area contributed by atoms with E-state index in [9.17, 15) is 22.8 Å². The van der Waals surface area contributed by atoms with Gasteiger partial charge < -0.3 is 25.3 Å². The Morgan fingerprint density at radius 1 is 0.974 bits per heavy atom. The normalized spacial score (nSPS) is 17.2. The molecule has 1 unspecified atom stereocenters. The number of aryl methyl sites for hydroxylation is 1. The lowest BCUT2D eigenvalue weighted by atomic mass is 9.85. The van der Waals surface area contributed by atoms with E-state index in [2.05, 4.69) is 21.2 Å². The van der Waals surface area contributed by atoms with Crippen molar-refractivity contribution in [2.45, 2.75) is 44.2 Å². The summed E-state index contributed by atoms with van der Waals surface area (Å²) in [5.41, 5.74) is 4.92. The summed E-state index contributed by atoms with van der Waals surface area (Å²) in [7, 11) is 2.04. The van der Waals surface area contributed by atoms with Gasteiger partial charge in [-0.25, -0.2) is 9.59 Å². The Morgan fingerprint density at radius 2 is 1.64 bits per heavy atom. The largest absolute Gasteiger partial charge is 0.479 e. The highest BCUT2D eigenvalue weighted by Gasteiger charge is 2.32. The van der Waals surface area contributed by atoms with Gasteiger partial charge in [0.2, 0.25) is 0 Å². The van der Waals surface area contributed by atoms with E-state index < -0.39 is 35.9 Å². The van der Waals surface area contributed by atoms with Gasteiger partial charge in [0.25, 0.3) is 0 Å². The van der Waals surface area contributed by atoms with Crippen LogP contribution in [0.15, 0.2) is 54.6 Å². The summed E-state index contributed by atoms with van der Waals surface area (Å²) in [5, 5.41) is 40.9. The molecule has 208 valence electrons. The number of hydrogen-bond donors (Lipinski definition) is 4. The van der Waals surface area contributed by atoms with Crippen molar-refractivity contribution in [3.8, 4) is 11.3 Å². The van der Waals surface area contributed by atoms with Crippen molar-refractivity contribution in [1.29, 1.82) is 0 Å². The Kier molecular flexibility index (Phi) is 9.38. The third-order valence-electron chi connectivity index (χ3n) is 6.27. The van der Waals surface area contributed by atoms with E-state index in [1.165, 1.54) is 12.1 Å². The second-order valence-electron chi connectivity index (χ2n) is 9.24. The minimum Gasteiger partial charge on any atom is -0.479 e. The summed E-state index contributed by atoms with van der Waals surface area (Å²) in [6.45, 7) is 3.45. The quantitative estimate of drug-likeness (QED) is 0.378. The van der Waals surface area contributed by atoms with Crippen LogP contribution in [-0.2, 0) is 22.3 Å². The fourth-order valence-corrected chi connectivity index (χ4v) is 4.22. The van der Waals surface area contributed by atoms with E-state index in [0.29, 0.717) is 5.56 Å². The minimum absolute atomic E-state index is 0.0737. The van der Waals surface area contributed by atoms with Crippen LogP contribution in [0, 0.1) is 6.92 Å². The van der Waals surface area contributed by atoms with Gasteiger partial charge in [0.05, 0.1) is 17.0 Å². The number of carbonyl (C=O) groups is 2. The zero-order valence-electron chi connectivity index (χ0n) is 21.1. The number of hydrogen-bond acceptors (Lipinski definition) is 7. The molecule has 4 rings (SSSR count). The highest BCUT2D eigenvalue weighted by molar-refractivity contribution is 5.83. The third-order valence-corrected chi connectivity index (χ3v) is 6.27. The first-order chi connectivity index (χ1) is 18.3. The average Bonchev–Trinajstić information content (AvgIpc) is 3.05. The zero-order chi connectivity index (χ0) is 28.9. The molecule has 3 atom stereocenters. The highest BCUT2D eigenvalue weighted by atomic mass is 19.4. The first-order valence-electron chi connectivity index (χ1n) is 11.9. The van der Waals surface area contributed by atoms with Gasteiger partial charge in [0.1, 0.15) is 0 Å². The second kappa shape index (κ2) is 12.3. The molecule has 3 aromatic rings. The van der Waals surface area contributed by atoms with Crippen LogP contribution in [0.4, 0.5) is 13.2 Å². The van der Waals surface area contributed by atoms with Crippen molar-refractivity contribution in [1.82, 2.24) is 15.1 Å². The molecule has 0 spiro atoms. The molecule has 9 nitrogen and oxygen atoms in total. The molecule has 12 heteroatoms. The van der Waals surface area contributed by atoms with Crippen LogP contribution in [0.25, 0.3) is 11.3 Å². The van der Waals surface area contributed by atoms with Gasteiger partial charge in [0, 0.05) is 18.0 Å². The molecule has 1 aliphatic heterocycles. The maximum absolute atomic E-state index is 13.2. The average molecular weight is 548 g/mol. The number of benzene rings is 2. The van der Waals surface area contributed by atoms with Crippen LogP contribution in [-0.4, -0.2) is 73.3 Å². The van der Waals surface area contributed by atoms with Crippen molar-refractivity contribution in [3.63, 3.8) is 0 Å². The van der Waals surface area contributed by atoms with Gasteiger partial charge >= 0.3 is 18.1 Å². The SMILES string of the molecule is Cc1ccc(-c2ccc3c(c2)CN(C)CCC3c2cccc(C(F)(F)F)c2)nn1.O=C(O)[C@H](O)[C@@H](O)C(=O)O. The smallest absolute Gasteiger partial charge is 0.416 e. The molecule has 1 aliphatic rings. The molecule has 0 amide bonds. The molecule has 0 fully saturated rings. The number of aromatic nitrogens is 2. The summed E-state index contributed by atoms with van der Waals surface area (Å²) in [5.74, 6) is -3.61. The number of alkyl halides is 3. The molecule has 39 heavy (non-hydrogen) atoms. The molecule has 0 saturated carbocycles. The molecule has 1 aromatic heterocycles. The monoisotopic (exact) mass is 547 g/mol. The van der Waals surface area contributed by atoms with Crippen LogP contribution < -0.4 is 0 Å². The fraction of sp³-hybridized carbons (Fsp3) is 0.333. The van der Waals surface area contributed by atoms with Crippen LogP contribution in [0.3, 0.4) is 0 Å². The van der Waals surface area contributed by atoms with Crippen molar-refractivity contribution in [2.75, 3.05) is 13.6 Å². The zero-order valence-corrected chi connectivity index (χ0v) is 21.1. The first-order valence-corrected chi connectivity index (χ1v) is 11.9. The lowest BCUT2D eigenvalue weighted by Crippen LogP contribution is -2.39. The van der Waals surface area contributed by atoms with Gasteiger partial charge in [-0.1, -0.05) is 30.3 Å². The number of carboxylic acid groups (broad SMARTS) is 2. The highest BCUT2D eigenvalue weighted by Crippen LogP contribution is 2.38. The summed E-state index contributed by atoms with van der Waals surface area (Å²) < 4.78 is 39.7. The number of aliphatic carboxylic acids is 2. The predicted octanol–water partition coefficient (Wildman–Crippen LogP) is 3.32. The molecule has 0 radical (unpaired) electrons. The lowest BCUT2D eigenvalue weighted by molar-refractivity contribution is -0.165. The maximum atomic E-state index is 13.2. The first kappa shape index (κ1) is 29.7. The van der Waals surface area contributed by atoms with Gasteiger partial charge in [-0.15, -0.1) is 0 Å². The number of fused-ring (bicyclic) bond motifs is 1. The molecular weight excluding hydrogens is 519 g/mol. The van der Waals surface area contributed by atoms with Crippen LogP contribution in [0.5, 0.6) is 0 Å². The Bertz CT molecular complexity index is 1300. The predicted molar refractivity (Wildman–Crippen MR) is 134 cm³/mol. The van der Waals surface area contributed by atoms with Gasteiger partial charge in [-0.3, -0.25) is 0 Å². The topological polar surface area (TPSA) is 144 Å². The van der Waals surface area contributed by atoms with E-state index in [1.54, 1.807) is 6.07 Å². The molecular formula is C27H28F3N3O6. The number of rotatable bonds is 5. The van der Waals surface area contributed by atoms with Crippen molar-refractivity contribution < 1.29 is 43.2 Å². The fourth-order valence-electron chi connectivity index (χ4n) is 4.22. The molecule has 0 aliphatic carbocycles. The summed E-state index contributed by atoms with van der Waals surface area (Å²) in [6.07, 6.45) is -8.10. The van der Waals surface area contributed by atoms with Gasteiger partial charge in [0.15, 0.2) is 12.2 Å². The van der Waals surface area contributed by atoms with E-state index in [4.69, 9.17) is 20.4 Å². The summed E-state index contributed by atoms with van der Waals surface area (Å²) in [4.78, 5) is 21.7. The van der Waals surface area contributed by atoms with Crippen LogP contribution in [0.2, 0.25) is 0 Å². The molecule has 0 saturated heterocycles. The van der Waals surface area contributed by atoms with Gasteiger partial charge in [-0.05, 0) is 67.9 Å². The Labute approximate surface area is 222 Å². The van der Waals surface area contributed by atoms with E-state index in [1.807, 2.05) is 38.2 Å². The third kappa shape index (κ3) is 7.59. The lowest BCUT2D eigenvalue weighted by Gasteiger charge is -2.20. The number of nitrogens with zero attached hydrogens (tertiary/aromatic N) is 3. The van der Waals surface area contributed by atoms with E-state index in [-0.39, 0.29) is 5.92 Å². The Morgan fingerprint density at radius 3 is 2.21 bits per heavy atom. The maximum Gasteiger partial charge on any atom is 0.416 e. The molecule has 2 heterocycles. The van der Waals surface area contributed by atoms with E-state index in [0.717, 1.165) is 53.7 Å². The van der Waals surface area contributed by atoms with Crippen molar-refractivity contribution >= 4 is 11.9 Å². The Hall–Kier alpha value is -3.87. The van der Waals surface area contributed by atoms with E-state index >= 15 is 0 Å². The van der Waals surface area contributed by atoms with Crippen molar-refractivity contribution in [2.24, 2.45) is 0 Å². The number of aliphatic hydroxyl groups excluding tert-OH is 2.